The summed E-state index contributed by atoms with van der Waals surface area (Å²) in [6, 6.07) is 80.5. The van der Waals surface area contributed by atoms with Gasteiger partial charge >= 0.3 is 0 Å². The van der Waals surface area contributed by atoms with E-state index < -0.39 is 0 Å². The van der Waals surface area contributed by atoms with Gasteiger partial charge in [0.25, 0.3) is 0 Å². The van der Waals surface area contributed by atoms with Gasteiger partial charge in [0.05, 0.1) is 0 Å². The van der Waals surface area contributed by atoms with E-state index in [1.807, 2.05) is 0 Å². The van der Waals surface area contributed by atoms with E-state index in [4.69, 9.17) is 0 Å². The first-order chi connectivity index (χ1) is 27.8. The molecule has 0 nitrogen and oxygen atoms in total. The molecule has 0 aliphatic rings. The first kappa shape index (κ1) is 32.2. The predicted octanol–water partition coefficient (Wildman–Crippen LogP) is 15.8. The van der Waals surface area contributed by atoms with Gasteiger partial charge in [-0.1, -0.05) is 200 Å². The molecule has 0 heterocycles. The van der Waals surface area contributed by atoms with Crippen LogP contribution in [-0.4, -0.2) is 0 Å². The van der Waals surface area contributed by atoms with Crippen LogP contribution in [-0.2, 0) is 0 Å². The molecule has 0 spiro atoms. The third kappa shape index (κ3) is 5.38. The van der Waals surface area contributed by atoms with Gasteiger partial charge < -0.3 is 0 Å². The molecule has 11 aromatic carbocycles. The van der Waals surface area contributed by atoms with E-state index in [1.165, 1.54) is 109 Å². The van der Waals surface area contributed by atoms with Crippen molar-refractivity contribution in [2.75, 3.05) is 0 Å². The second kappa shape index (κ2) is 13.2. The Balaban J connectivity index is 1.16. The summed E-state index contributed by atoms with van der Waals surface area (Å²) in [5.74, 6) is 0. The molecule has 56 heavy (non-hydrogen) atoms. The van der Waals surface area contributed by atoms with E-state index in [2.05, 4.69) is 218 Å². The van der Waals surface area contributed by atoms with Crippen molar-refractivity contribution < 1.29 is 0 Å². The molecule has 0 saturated carbocycles. The van der Waals surface area contributed by atoms with Crippen molar-refractivity contribution in [1.29, 1.82) is 0 Å². The van der Waals surface area contributed by atoms with Gasteiger partial charge in [0.2, 0.25) is 0 Å². The Morgan fingerprint density at radius 1 is 0.179 bits per heavy atom. The average molecular weight is 709 g/mol. The summed E-state index contributed by atoms with van der Waals surface area (Å²) >= 11 is 0. The molecule has 0 unspecified atom stereocenters. The van der Waals surface area contributed by atoms with Crippen LogP contribution in [0.15, 0.2) is 218 Å². The Kier molecular flexibility index (Phi) is 7.60. The maximum atomic E-state index is 2.44. The second-order valence-electron chi connectivity index (χ2n) is 14.8. The van der Waals surface area contributed by atoms with Crippen LogP contribution in [0.4, 0.5) is 0 Å². The molecule has 0 aliphatic carbocycles. The monoisotopic (exact) mass is 708 g/mol. The van der Waals surface area contributed by atoms with Crippen molar-refractivity contribution in [2.24, 2.45) is 0 Å². The Morgan fingerprint density at radius 2 is 0.625 bits per heavy atom. The zero-order chi connectivity index (χ0) is 37.0. The number of hydrogen-bond donors (Lipinski definition) is 0. The van der Waals surface area contributed by atoms with Crippen LogP contribution in [0, 0.1) is 0 Å². The molecular weight excluding hydrogens is 673 g/mol. The van der Waals surface area contributed by atoms with Gasteiger partial charge in [0, 0.05) is 0 Å². The van der Waals surface area contributed by atoms with Gasteiger partial charge in [0.15, 0.2) is 0 Å². The lowest BCUT2D eigenvalue weighted by molar-refractivity contribution is 1.62. The maximum Gasteiger partial charge on any atom is -0.00259 e. The second-order valence-corrected chi connectivity index (χ2v) is 14.8. The first-order valence-corrected chi connectivity index (χ1v) is 19.4. The third-order valence-electron chi connectivity index (χ3n) is 11.6. The number of hydrogen-bond acceptors (Lipinski definition) is 0. The molecule has 0 fully saturated rings. The molecule has 0 N–H and O–H groups in total. The van der Waals surface area contributed by atoms with Crippen molar-refractivity contribution in [3.8, 4) is 55.6 Å². The van der Waals surface area contributed by atoms with Crippen molar-refractivity contribution in [3.63, 3.8) is 0 Å². The Bertz CT molecular complexity index is 3280. The van der Waals surface area contributed by atoms with Gasteiger partial charge in [-0.25, -0.2) is 0 Å². The van der Waals surface area contributed by atoms with Crippen LogP contribution in [0.5, 0.6) is 0 Å². The fourth-order valence-electron chi connectivity index (χ4n) is 8.96. The number of fused-ring (bicyclic) bond motifs is 5. The lowest BCUT2D eigenvalue weighted by Gasteiger charge is -2.20. The average Bonchev–Trinajstić information content (AvgIpc) is 3.27. The molecule has 260 valence electrons. The predicted molar refractivity (Wildman–Crippen MR) is 241 cm³/mol. The number of benzene rings is 11. The smallest absolute Gasteiger partial charge is 0.00259 e. The minimum Gasteiger partial charge on any atom is -0.0616 e. The largest absolute Gasteiger partial charge is 0.0616 e. The number of rotatable bonds is 5. The fraction of sp³-hybridized carbons (Fsp3) is 0. The van der Waals surface area contributed by atoms with Crippen LogP contribution < -0.4 is 0 Å². The SMILES string of the molecule is c1cc(-c2ccc3ccccc3c2)cc(-c2c3ccccc3c(-c3ccc(-c4cccc5ccccc45)cc3)c3ccc(-c4cccc5ccccc45)cc23)c1. The summed E-state index contributed by atoms with van der Waals surface area (Å²) in [5.41, 5.74) is 12.3. The Morgan fingerprint density at radius 3 is 1.32 bits per heavy atom. The quantitative estimate of drug-likeness (QED) is 0.156. The highest BCUT2D eigenvalue weighted by Crippen LogP contribution is 2.46. The lowest BCUT2D eigenvalue weighted by atomic mass is 9.83. The summed E-state index contributed by atoms with van der Waals surface area (Å²) in [4.78, 5) is 0. The van der Waals surface area contributed by atoms with Gasteiger partial charge in [-0.15, -0.1) is 0 Å². The molecule has 0 saturated heterocycles. The van der Waals surface area contributed by atoms with Crippen molar-refractivity contribution in [3.05, 3.63) is 218 Å². The topological polar surface area (TPSA) is 0 Å². The zero-order valence-corrected chi connectivity index (χ0v) is 30.8. The molecule has 0 aromatic heterocycles. The summed E-state index contributed by atoms with van der Waals surface area (Å²) in [5, 5.41) is 12.5. The maximum absolute atomic E-state index is 2.44. The van der Waals surface area contributed by atoms with Crippen molar-refractivity contribution >= 4 is 53.9 Å². The first-order valence-electron chi connectivity index (χ1n) is 19.4. The molecule has 11 rings (SSSR count). The Labute approximate surface area is 326 Å². The molecule has 0 amide bonds. The van der Waals surface area contributed by atoms with E-state index >= 15 is 0 Å². The van der Waals surface area contributed by atoms with Crippen LogP contribution in [0.2, 0.25) is 0 Å². The molecule has 11 aromatic rings. The highest BCUT2D eigenvalue weighted by molar-refractivity contribution is 6.22. The van der Waals surface area contributed by atoms with Crippen LogP contribution >= 0.6 is 0 Å². The minimum atomic E-state index is 1.21. The normalized spacial score (nSPS) is 11.6. The van der Waals surface area contributed by atoms with Crippen molar-refractivity contribution in [1.82, 2.24) is 0 Å². The molecule has 0 heteroatoms. The summed E-state index contributed by atoms with van der Waals surface area (Å²) < 4.78 is 0. The molecule has 0 aliphatic heterocycles. The van der Waals surface area contributed by atoms with Crippen LogP contribution in [0.25, 0.3) is 109 Å². The minimum absolute atomic E-state index is 1.21. The van der Waals surface area contributed by atoms with Crippen LogP contribution in [0.3, 0.4) is 0 Å². The van der Waals surface area contributed by atoms with Gasteiger partial charge in [0.1, 0.15) is 0 Å². The molecule has 0 atom stereocenters. The standard InChI is InChI=1S/C56H36/c1-2-15-42-34-44(31-26-37(42)12-1)43-18-9-19-46(35-43)56-52-23-8-7-22-51(52)55(41-29-27-40(28-30-41)49-24-10-16-38-13-3-5-20-47(38)49)53-33-32-45(36-54(53)56)50-25-11-17-39-14-4-6-21-48(39)50/h1-36H. The van der Waals surface area contributed by atoms with E-state index in [9.17, 15) is 0 Å². The van der Waals surface area contributed by atoms with E-state index in [0.29, 0.717) is 0 Å². The van der Waals surface area contributed by atoms with Gasteiger partial charge in [-0.2, -0.15) is 0 Å². The van der Waals surface area contributed by atoms with Crippen LogP contribution in [0.1, 0.15) is 0 Å². The highest BCUT2D eigenvalue weighted by atomic mass is 14.2. The molecule has 0 radical (unpaired) electrons. The Hall–Kier alpha value is -7.28. The molecular formula is C56H36. The van der Waals surface area contributed by atoms with E-state index in [1.54, 1.807) is 0 Å². The summed E-state index contributed by atoms with van der Waals surface area (Å²) in [6.45, 7) is 0. The lowest BCUT2D eigenvalue weighted by Crippen LogP contribution is -1.92. The van der Waals surface area contributed by atoms with Crippen molar-refractivity contribution in [2.45, 2.75) is 0 Å². The van der Waals surface area contributed by atoms with Gasteiger partial charge in [-0.05, 0) is 128 Å². The van der Waals surface area contributed by atoms with E-state index in [0.717, 1.165) is 0 Å². The highest BCUT2D eigenvalue weighted by Gasteiger charge is 2.19. The van der Waals surface area contributed by atoms with E-state index in [-0.39, 0.29) is 0 Å². The molecule has 0 bridgehead atoms. The van der Waals surface area contributed by atoms with Gasteiger partial charge in [-0.3, -0.25) is 0 Å². The summed E-state index contributed by atoms with van der Waals surface area (Å²) in [7, 11) is 0. The summed E-state index contributed by atoms with van der Waals surface area (Å²) in [6.07, 6.45) is 0. The zero-order valence-electron chi connectivity index (χ0n) is 30.8. The fourth-order valence-corrected chi connectivity index (χ4v) is 8.96. The third-order valence-corrected chi connectivity index (χ3v) is 11.6.